The number of ether oxygens (including phenoxy) is 1. The maximum atomic E-state index is 12.6. The maximum absolute atomic E-state index is 12.6. The number of methoxy groups -OCH3 is 1. The summed E-state index contributed by atoms with van der Waals surface area (Å²) in [6.45, 7) is 4.11. The van der Waals surface area contributed by atoms with Crippen LogP contribution in [0.25, 0.3) is 0 Å². The Morgan fingerprint density at radius 3 is 2.54 bits per heavy atom. The van der Waals surface area contributed by atoms with E-state index in [0.717, 1.165) is 23.4 Å². The molecule has 1 N–H and O–H groups in total. The number of anilines is 1. The van der Waals surface area contributed by atoms with Crippen molar-refractivity contribution >= 4 is 21.6 Å². The summed E-state index contributed by atoms with van der Waals surface area (Å²) >= 11 is 0. The van der Waals surface area contributed by atoms with Crippen LogP contribution in [0.1, 0.15) is 24.5 Å². The fourth-order valence-electron chi connectivity index (χ4n) is 3.08. The minimum Gasteiger partial charge on any atom is -0.497 e. The van der Waals surface area contributed by atoms with E-state index in [2.05, 4.69) is 17.4 Å². The lowest BCUT2D eigenvalue weighted by Gasteiger charge is -2.28. The van der Waals surface area contributed by atoms with Crippen LogP contribution in [0.5, 0.6) is 5.75 Å². The number of nitrogens with one attached hydrogen (secondary N) is 1. The summed E-state index contributed by atoms with van der Waals surface area (Å²) < 4.78 is 30.9. The zero-order valence-electron chi connectivity index (χ0n) is 16.8. The summed E-state index contributed by atoms with van der Waals surface area (Å²) in [7, 11) is -2.14. The van der Waals surface area contributed by atoms with Gasteiger partial charge >= 0.3 is 0 Å². The number of hydrogen-bond donors (Lipinski definition) is 1. The number of nitrogens with zero attached hydrogens (tertiary/aromatic N) is 1. The van der Waals surface area contributed by atoms with E-state index in [0.29, 0.717) is 18.0 Å². The van der Waals surface area contributed by atoms with Gasteiger partial charge in [-0.3, -0.25) is 9.10 Å². The van der Waals surface area contributed by atoms with Gasteiger partial charge in [-0.2, -0.15) is 0 Å². The summed E-state index contributed by atoms with van der Waals surface area (Å²) in [6, 6.07) is 14.0. The van der Waals surface area contributed by atoms with Gasteiger partial charge < -0.3 is 10.1 Å². The maximum Gasteiger partial charge on any atom is 0.243 e. The van der Waals surface area contributed by atoms with Gasteiger partial charge in [0.05, 0.1) is 19.1 Å². The van der Waals surface area contributed by atoms with Gasteiger partial charge in [-0.05, 0) is 44.4 Å². The Morgan fingerprint density at radius 2 is 1.89 bits per heavy atom. The molecular weight excluding hydrogens is 376 g/mol. The first-order valence-electron chi connectivity index (χ1n) is 9.19. The Bertz CT molecular complexity index is 912. The van der Waals surface area contributed by atoms with Crippen LogP contribution in [-0.2, 0) is 21.2 Å². The Kier molecular flexibility index (Phi) is 7.45. The molecule has 28 heavy (non-hydrogen) atoms. The molecular formula is C21H28N2O4S. The SMILES string of the molecule is COc1cccc(N(C(C)C(=O)NCCCc2cccc(C)c2)S(C)(=O)=O)c1. The van der Waals surface area contributed by atoms with Crippen LogP contribution in [0, 0.1) is 6.92 Å². The molecule has 1 atom stereocenters. The highest BCUT2D eigenvalue weighted by atomic mass is 32.2. The second kappa shape index (κ2) is 9.59. The summed E-state index contributed by atoms with van der Waals surface area (Å²) in [5, 5.41) is 2.84. The molecule has 1 amide bonds. The van der Waals surface area contributed by atoms with E-state index in [1.54, 1.807) is 31.2 Å². The highest BCUT2D eigenvalue weighted by Crippen LogP contribution is 2.25. The van der Waals surface area contributed by atoms with E-state index in [9.17, 15) is 13.2 Å². The standard InChI is InChI=1S/C21H28N2O4S/c1-16-8-5-9-18(14-16)10-7-13-22-21(24)17(2)23(28(4,25)26)19-11-6-12-20(15-19)27-3/h5-6,8-9,11-12,14-15,17H,7,10,13H2,1-4H3,(H,22,24). The molecule has 0 saturated heterocycles. The number of hydrogen-bond acceptors (Lipinski definition) is 4. The molecule has 2 aromatic carbocycles. The monoisotopic (exact) mass is 404 g/mol. The number of carbonyl (C=O) groups excluding carboxylic acids is 1. The molecule has 0 aliphatic rings. The molecule has 0 fully saturated rings. The molecule has 2 aromatic rings. The van der Waals surface area contributed by atoms with E-state index in [-0.39, 0.29) is 5.91 Å². The first-order chi connectivity index (χ1) is 13.2. The van der Waals surface area contributed by atoms with Crippen LogP contribution in [-0.4, -0.2) is 40.3 Å². The molecule has 6 nitrogen and oxygen atoms in total. The molecule has 0 heterocycles. The van der Waals surface area contributed by atoms with Gasteiger partial charge in [0.15, 0.2) is 0 Å². The van der Waals surface area contributed by atoms with E-state index in [1.165, 1.54) is 18.2 Å². The third-order valence-corrected chi connectivity index (χ3v) is 5.66. The van der Waals surface area contributed by atoms with Crippen molar-refractivity contribution in [1.82, 2.24) is 5.32 Å². The molecule has 0 aliphatic carbocycles. The highest BCUT2D eigenvalue weighted by molar-refractivity contribution is 7.92. The van der Waals surface area contributed by atoms with Gasteiger partial charge in [-0.1, -0.05) is 35.9 Å². The van der Waals surface area contributed by atoms with Gasteiger partial charge in [0.2, 0.25) is 15.9 Å². The van der Waals surface area contributed by atoms with Crippen molar-refractivity contribution in [2.24, 2.45) is 0 Å². The summed E-state index contributed by atoms with van der Waals surface area (Å²) in [4.78, 5) is 12.6. The molecule has 0 aromatic heterocycles. The lowest BCUT2D eigenvalue weighted by Crippen LogP contribution is -2.48. The van der Waals surface area contributed by atoms with Crippen LogP contribution < -0.4 is 14.4 Å². The topological polar surface area (TPSA) is 75.7 Å². The van der Waals surface area contributed by atoms with Crippen molar-refractivity contribution in [3.8, 4) is 5.75 Å². The highest BCUT2D eigenvalue weighted by Gasteiger charge is 2.29. The Hall–Kier alpha value is -2.54. The van der Waals surface area contributed by atoms with Gasteiger partial charge in [0.1, 0.15) is 11.8 Å². The zero-order valence-corrected chi connectivity index (χ0v) is 17.6. The number of carbonyl (C=O) groups is 1. The average molecular weight is 405 g/mol. The first kappa shape index (κ1) is 21.8. The fourth-order valence-corrected chi connectivity index (χ4v) is 4.24. The Labute approximate surface area is 167 Å². The van der Waals surface area contributed by atoms with Crippen molar-refractivity contribution in [2.75, 3.05) is 24.2 Å². The molecule has 0 saturated carbocycles. The summed E-state index contributed by atoms with van der Waals surface area (Å²) in [6.07, 6.45) is 2.72. The molecule has 0 radical (unpaired) electrons. The number of aryl methyl sites for hydroxylation is 2. The van der Waals surface area contributed by atoms with Crippen molar-refractivity contribution in [3.05, 3.63) is 59.7 Å². The molecule has 2 rings (SSSR count). The van der Waals surface area contributed by atoms with Crippen LogP contribution in [0.15, 0.2) is 48.5 Å². The lowest BCUT2D eigenvalue weighted by atomic mass is 10.1. The van der Waals surface area contributed by atoms with Crippen molar-refractivity contribution in [3.63, 3.8) is 0 Å². The van der Waals surface area contributed by atoms with Crippen LogP contribution >= 0.6 is 0 Å². The molecule has 1 unspecified atom stereocenters. The van der Waals surface area contributed by atoms with Crippen molar-refractivity contribution in [1.29, 1.82) is 0 Å². The van der Waals surface area contributed by atoms with E-state index >= 15 is 0 Å². The molecule has 7 heteroatoms. The summed E-state index contributed by atoms with van der Waals surface area (Å²) in [5.41, 5.74) is 2.82. The number of sulfonamides is 1. The van der Waals surface area contributed by atoms with Gasteiger partial charge in [0.25, 0.3) is 0 Å². The smallest absolute Gasteiger partial charge is 0.243 e. The molecule has 152 valence electrons. The third kappa shape index (κ3) is 5.99. The normalized spacial score (nSPS) is 12.3. The van der Waals surface area contributed by atoms with Crippen LogP contribution in [0.4, 0.5) is 5.69 Å². The quantitative estimate of drug-likeness (QED) is 0.652. The largest absolute Gasteiger partial charge is 0.497 e. The predicted molar refractivity (Wildman–Crippen MR) is 112 cm³/mol. The third-order valence-electron chi connectivity index (χ3n) is 4.42. The fraction of sp³-hybridized carbons (Fsp3) is 0.381. The summed E-state index contributed by atoms with van der Waals surface area (Å²) in [5.74, 6) is 0.189. The minimum atomic E-state index is -3.65. The molecule has 0 aliphatic heterocycles. The number of benzene rings is 2. The van der Waals surface area contributed by atoms with Crippen LogP contribution in [0.2, 0.25) is 0 Å². The van der Waals surface area contributed by atoms with Gasteiger partial charge in [-0.25, -0.2) is 8.42 Å². The van der Waals surface area contributed by atoms with Gasteiger partial charge in [-0.15, -0.1) is 0 Å². The Morgan fingerprint density at radius 1 is 1.18 bits per heavy atom. The van der Waals surface area contributed by atoms with E-state index in [4.69, 9.17) is 4.74 Å². The van der Waals surface area contributed by atoms with Crippen molar-refractivity contribution in [2.45, 2.75) is 32.7 Å². The van der Waals surface area contributed by atoms with E-state index < -0.39 is 16.1 Å². The first-order valence-corrected chi connectivity index (χ1v) is 11.0. The average Bonchev–Trinajstić information content (AvgIpc) is 2.64. The number of amides is 1. The Balaban J connectivity index is 2.01. The second-order valence-electron chi connectivity index (χ2n) is 6.82. The van der Waals surface area contributed by atoms with E-state index in [1.807, 2.05) is 19.1 Å². The molecule has 0 spiro atoms. The van der Waals surface area contributed by atoms with Gasteiger partial charge in [0, 0.05) is 12.6 Å². The number of rotatable bonds is 9. The zero-order chi connectivity index (χ0) is 20.7. The molecule has 0 bridgehead atoms. The predicted octanol–water partition coefficient (Wildman–Crippen LogP) is 2.91. The lowest BCUT2D eigenvalue weighted by molar-refractivity contribution is -0.121. The van der Waals surface area contributed by atoms with Crippen LogP contribution in [0.3, 0.4) is 0 Å². The minimum absolute atomic E-state index is 0.336. The van der Waals surface area contributed by atoms with Crippen molar-refractivity contribution < 1.29 is 17.9 Å². The second-order valence-corrected chi connectivity index (χ2v) is 8.68.